The van der Waals surface area contributed by atoms with Gasteiger partial charge in [0.15, 0.2) is 0 Å². The second-order valence-electron chi connectivity index (χ2n) is 12.6. The molecule has 8 heteroatoms. The molecule has 3 fully saturated rings. The van der Waals surface area contributed by atoms with Crippen molar-refractivity contribution in [2.75, 3.05) is 16.4 Å². The van der Waals surface area contributed by atoms with Crippen molar-refractivity contribution >= 4 is 62.5 Å². The number of esters is 1. The number of carbonyl (C=O) groups is 5. The van der Waals surface area contributed by atoms with Gasteiger partial charge in [-0.1, -0.05) is 85.3 Å². The maximum absolute atomic E-state index is 14.6. The van der Waals surface area contributed by atoms with Crippen molar-refractivity contribution in [1.82, 2.24) is 0 Å². The topological polar surface area (TPSA) is 101 Å². The third-order valence-electron chi connectivity index (χ3n) is 10.7. The van der Waals surface area contributed by atoms with E-state index in [-0.39, 0.29) is 12.2 Å². The number of ether oxygens (including phenoxy) is 1. The Bertz CT molecular complexity index is 1930. The SMILES string of the molecule is CCOC(=O)C1=C(C)C2C3C(=O)N(c4cccc5ccccc45)C(=O)C3C1(C)C1C(=O)N(c3cccc4ccccc34)C(=O)C21. The van der Waals surface area contributed by atoms with E-state index in [0.29, 0.717) is 16.9 Å². The van der Waals surface area contributed by atoms with Crippen molar-refractivity contribution in [1.29, 1.82) is 0 Å². The molecule has 3 aliphatic carbocycles. The van der Waals surface area contributed by atoms with Crippen molar-refractivity contribution < 1.29 is 28.7 Å². The first-order valence-corrected chi connectivity index (χ1v) is 15.3. The lowest BCUT2D eigenvalue weighted by atomic mass is 9.43. The largest absolute Gasteiger partial charge is 0.463 e. The smallest absolute Gasteiger partial charge is 0.334 e. The highest BCUT2D eigenvalue weighted by Crippen LogP contribution is 2.69. The summed E-state index contributed by atoms with van der Waals surface area (Å²) in [6.45, 7) is 5.26. The molecule has 4 atom stereocenters. The zero-order chi connectivity index (χ0) is 31.4. The molecule has 224 valence electrons. The molecule has 4 unspecified atom stereocenters. The molecule has 0 radical (unpaired) electrons. The average molecular weight is 599 g/mol. The molecule has 1 saturated carbocycles. The fourth-order valence-corrected chi connectivity index (χ4v) is 9.09. The number of rotatable bonds is 4. The van der Waals surface area contributed by atoms with E-state index in [4.69, 9.17) is 4.74 Å². The van der Waals surface area contributed by atoms with Gasteiger partial charge in [-0.2, -0.15) is 0 Å². The predicted molar refractivity (Wildman–Crippen MR) is 168 cm³/mol. The number of fused-ring (bicyclic) bond motifs is 2. The van der Waals surface area contributed by atoms with Crippen molar-refractivity contribution in [3.05, 3.63) is 96.1 Å². The summed E-state index contributed by atoms with van der Waals surface area (Å²) in [6.07, 6.45) is 0. The third kappa shape index (κ3) is 3.34. The minimum Gasteiger partial charge on any atom is -0.463 e. The van der Waals surface area contributed by atoms with Crippen LogP contribution in [0.1, 0.15) is 20.8 Å². The van der Waals surface area contributed by atoms with Crippen LogP contribution in [-0.4, -0.2) is 36.2 Å². The summed E-state index contributed by atoms with van der Waals surface area (Å²) in [4.78, 5) is 74.5. The van der Waals surface area contributed by atoms with Gasteiger partial charge in [-0.3, -0.25) is 19.2 Å². The van der Waals surface area contributed by atoms with Crippen LogP contribution in [0.25, 0.3) is 21.5 Å². The number of hydrogen-bond donors (Lipinski definition) is 0. The van der Waals surface area contributed by atoms with Crippen LogP contribution in [0, 0.1) is 35.0 Å². The Hall–Kier alpha value is -5.11. The molecule has 9 rings (SSSR count). The van der Waals surface area contributed by atoms with E-state index in [9.17, 15) is 24.0 Å². The predicted octanol–water partition coefficient (Wildman–Crippen LogP) is 5.43. The van der Waals surface area contributed by atoms with Gasteiger partial charge in [0, 0.05) is 27.7 Å². The second kappa shape index (κ2) is 9.44. The van der Waals surface area contributed by atoms with Gasteiger partial charge in [0.2, 0.25) is 23.6 Å². The van der Waals surface area contributed by atoms with Crippen LogP contribution in [0.15, 0.2) is 96.1 Å². The number of hydrogen-bond acceptors (Lipinski definition) is 6. The van der Waals surface area contributed by atoms with Gasteiger partial charge in [-0.25, -0.2) is 14.6 Å². The number of nitrogens with zero attached hydrogens (tertiary/aromatic N) is 2. The molecule has 45 heavy (non-hydrogen) atoms. The molecule has 0 spiro atoms. The van der Waals surface area contributed by atoms with Gasteiger partial charge in [-0.15, -0.1) is 0 Å². The van der Waals surface area contributed by atoms with Gasteiger partial charge in [0.05, 0.1) is 41.7 Å². The Kier molecular flexibility index (Phi) is 5.76. The molecule has 0 N–H and O–H groups in total. The number of anilines is 2. The van der Waals surface area contributed by atoms with Gasteiger partial charge < -0.3 is 4.74 Å². The number of benzene rings is 4. The second-order valence-corrected chi connectivity index (χ2v) is 12.6. The van der Waals surface area contributed by atoms with E-state index in [1.807, 2.05) is 60.7 Å². The molecule has 2 heterocycles. The van der Waals surface area contributed by atoms with E-state index < -0.39 is 64.6 Å². The molecule has 4 amide bonds. The molecule has 5 aliphatic rings. The highest BCUT2D eigenvalue weighted by molar-refractivity contribution is 6.30. The van der Waals surface area contributed by atoms with Gasteiger partial charge >= 0.3 is 5.97 Å². The monoisotopic (exact) mass is 598 g/mol. The van der Waals surface area contributed by atoms with Crippen LogP contribution >= 0.6 is 0 Å². The normalized spacial score (nSPS) is 28.8. The van der Waals surface area contributed by atoms with Crippen LogP contribution in [-0.2, 0) is 28.7 Å². The third-order valence-corrected chi connectivity index (χ3v) is 10.7. The molecular formula is C37H30N2O6. The Morgan fingerprint density at radius 2 is 1.11 bits per heavy atom. The van der Waals surface area contributed by atoms with Crippen LogP contribution in [0.3, 0.4) is 0 Å². The standard InChI is InChI=1S/C37H30N2O6/c1-4-45-36(44)29-19(2)26-27-30(34(42)38(32(27)40)24-17-9-13-20-11-5-7-15-22(20)24)37(29,3)31-28(26)33(41)39(35(31)43)25-18-10-14-21-12-6-8-16-23(21)25/h5-18,26-28,30-31H,4H2,1-3H3. The molecule has 4 aromatic carbocycles. The van der Waals surface area contributed by atoms with Crippen molar-refractivity contribution in [3.8, 4) is 0 Å². The maximum Gasteiger partial charge on any atom is 0.334 e. The molecule has 2 aliphatic heterocycles. The first-order valence-electron chi connectivity index (χ1n) is 15.3. The van der Waals surface area contributed by atoms with Crippen LogP contribution in [0.2, 0.25) is 0 Å². The summed E-state index contributed by atoms with van der Waals surface area (Å²) in [7, 11) is 0. The highest BCUT2D eigenvalue weighted by atomic mass is 16.5. The molecule has 2 saturated heterocycles. The Balaban J connectivity index is 1.33. The summed E-state index contributed by atoms with van der Waals surface area (Å²) in [5, 5.41) is 3.22. The zero-order valence-electron chi connectivity index (χ0n) is 25.0. The van der Waals surface area contributed by atoms with E-state index in [2.05, 4.69) is 0 Å². The maximum atomic E-state index is 14.6. The summed E-state index contributed by atoms with van der Waals surface area (Å²) < 4.78 is 5.51. The number of carbonyl (C=O) groups excluding carboxylic acids is 5. The first-order chi connectivity index (χ1) is 21.7. The summed E-state index contributed by atoms with van der Waals surface area (Å²) in [6, 6.07) is 25.9. The number of amides is 4. The molecule has 4 aromatic rings. The minimum atomic E-state index is -1.46. The Morgan fingerprint density at radius 3 is 1.58 bits per heavy atom. The molecule has 2 bridgehead atoms. The fraction of sp³-hybridized carbons (Fsp3) is 0.270. The van der Waals surface area contributed by atoms with E-state index in [1.165, 1.54) is 9.80 Å². The first kappa shape index (κ1) is 27.4. The van der Waals surface area contributed by atoms with Crippen molar-refractivity contribution in [2.24, 2.45) is 35.0 Å². The van der Waals surface area contributed by atoms with Crippen LogP contribution in [0.5, 0.6) is 0 Å². The zero-order valence-corrected chi connectivity index (χ0v) is 25.0. The van der Waals surface area contributed by atoms with Crippen LogP contribution < -0.4 is 9.80 Å². The summed E-state index contributed by atoms with van der Waals surface area (Å²) >= 11 is 0. The van der Waals surface area contributed by atoms with E-state index >= 15 is 0 Å². The lowest BCUT2D eigenvalue weighted by Gasteiger charge is -2.55. The van der Waals surface area contributed by atoms with Gasteiger partial charge in [0.1, 0.15) is 0 Å². The van der Waals surface area contributed by atoms with Gasteiger partial charge in [-0.05, 0) is 36.8 Å². The Labute approximate surface area is 259 Å². The summed E-state index contributed by atoms with van der Waals surface area (Å²) in [5.41, 5.74) is 0.226. The van der Waals surface area contributed by atoms with Crippen LogP contribution in [0.4, 0.5) is 11.4 Å². The van der Waals surface area contributed by atoms with Gasteiger partial charge in [0.25, 0.3) is 0 Å². The molecule has 8 nitrogen and oxygen atoms in total. The van der Waals surface area contributed by atoms with E-state index in [0.717, 1.165) is 21.5 Å². The van der Waals surface area contributed by atoms with Crippen molar-refractivity contribution in [2.45, 2.75) is 20.8 Å². The molecular weight excluding hydrogens is 568 g/mol. The van der Waals surface area contributed by atoms with E-state index in [1.54, 1.807) is 45.0 Å². The summed E-state index contributed by atoms with van der Waals surface area (Å²) in [5.74, 6) is -7.08. The number of imide groups is 2. The molecule has 0 aromatic heterocycles. The highest BCUT2D eigenvalue weighted by Gasteiger charge is 2.77. The average Bonchev–Trinajstić information content (AvgIpc) is 3.46. The fourth-order valence-electron chi connectivity index (χ4n) is 9.09. The number of allylic oxidation sites excluding steroid dienone is 1. The van der Waals surface area contributed by atoms with Crippen molar-refractivity contribution in [3.63, 3.8) is 0 Å². The quantitative estimate of drug-likeness (QED) is 0.229. The lowest BCUT2D eigenvalue weighted by molar-refractivity contribution is -0.155. The minimum absolute atomic E-state index is 0.0998. The Morgan fingerprint density at radius 1 is 0.667 bits per heavy atom. The lowest BCUT2D eigenvalue weighted by Crippen LogP contribution is -2.61.